The molecule has 0 aliphatic heterocycles. The lowest BCUT2D eigenvalue weighted by molar-refractivity contribution is 0.458. The Balaban J connectivity index is 1.25. The number of hydrogen-bond donors (Lipinski definition) is 0. The molecule has 0 radical (unpaired) electrons. The molecule has 0 atom stereocenters. The molecule has 6 nitrogen and oxygen atoms in total. The lowest BCUT2D eigenvalue weighted by atomic mass is 10.2. The molecule has 0 saturated heterocycles. The summed E-state index contributed by atoms with van der Waals surface area (Å²) in [5, 5.41) is 0. The number of pyridine rings is 4. The van der Waals surface area contributed by atoms with Crippen LogP contribution in [0.5, 0.6) is 23.0 Å². The van der Waals surface area contributed by atoms with Crippen LogP contribution in [0.3, 0.4) is 0 Å². The summed E-state index contributed by atoms with van der Waals surface area (Å²) < 4.78 is 11.9. The summed E-state index contributed by atoms with van der Waals surface area (Å²) in [4.78, 5) is 17.8. The van der Waals surface area contributed by atoms with E-state index in [0.29, 0.717) is 23.0 Å². The van der Waals surface area contributed by atoms with Gasteiger partial charge in [-0.1, -0.05) is 18.2 Å². The Hall–Kier alpha value is -4.58. The lowest BCUT2D eigenvalue weighted by Gasteiger charge is -2.10. The fourth-order valence-electron chi connectivity index (χ4n) is 3.30. The Morgan fingerprint density at radius 3 is 1.21 bits per heavy atom. The third-order valence-corrected chi connectivity index (χ3v) is 5.10. The summed E-state index contributed by atoms with van der Waals surface area (Å²) in [6.45, 7) is 4.01. The molecule has 0 aliphatic carbocycles. The maximum Gasteiger partial charge on any atom is 0.145 e. The zero-order valence-electron chi connectivity index (χ0n) is 18.8. The van der Waals surface area contributed by atoms with Gasteiger partial charge in [0.05, 0.1) is 35.2 Å². The monoisotopic (exact) mass is 446 g/mol. The molecule has 0 amide bonds. The predicted molar refractivity (Wildman–Crippen MR) is 131 cm³/mol. The second-order valence-corrected chi connectivity index (χ2v) is 7.88. The van der Waals surface area contributed by atoms with Crippen molar-refractivity contribution in [2.45, 2.75) is 13.8 Å². The minimum atomic E-state index is 0.629. The molecule has 0 aliphatic rings. The molecule has 5 rings (SSSR count). The Morgan fingerprint density at radius 1 is 0.441 bits per heavy atom. The molecule has 0 spiro atoms. The number of aryl methyl sites for hydroxylation is 2. The van der Waals surface area contributed by atoms with Gasteiger partial charge in [-0.05, 0) is 73.5 Å². The Labute approximate surface area is 197 Å². The average Bonchev–Trinajstić information content (AvgIpc) is 2.86. The Morgan fingerprint density at radius 2 is 0.853 bits per heavy atom. The molecule has 0 N–H and O–H groups in total. The fraction of sp³-hybridized carbons (Fsp3) is 0.0714. The van der Waals surface area contributed by atoms with Crippen molar-refractivity contribution >= 4 is 0 Å². The van der Waals surface area contributed by atoms with Crippen LogP contribution in [0, 0.1) is 13.8 Å². The van der Waals surface area contributed by atoms with E-state index in [4.69, 9.17) is 9.47 Å². The first kappa shape index (κ1) is 21.3. The first-order valence-corrected chi connectivity index (χ1v) is 10.9. The van der Waals surface area contributed by atoms with Crippen molar-refractivity contribution in [2.24, 2.45) is 0 Å². The molecule has 166 valence electrons. The maximum atomic E-state index is 5.97. The smallest absolute Gasteiger partial charge is 0.145 e. The van der Waals surface area contributed by atoms with E-state index in [1.807, 2.05) is 99.0 Å². The van der Waals surface area contributed by atoms with Gasteiger partial charge in [0.25, 0.3) is 0 Å². The van der Waals surface area contributed by atoms with Crippen molar-refractivity contribution in [2.75, 3.05) is 0 Å². The van der Waals surface area contributed by atoms with Crippen LogP contribution in [0.15, 0.2) is 97.6 Å². The van der Waals surface area contributed by atoms with Crippen LogP contribution in [0.4, 0.5) is 0 Å². The van der Waals surface area contributed by atoms with Gasteiger partial charge in [0.2, 0.25) is 0 Å². The summed E-state index contributed by atoms with van der Waals surface area (Å²) in [6.07, 6.45) is 7.03. The molecule has 5 aromatic rings. The van der Waals surface area contributed by atoms with E-state index in [2.05, 4.69) is 19.9 Å². The van der Waals surface area contributed by atoms with E-state index in [-0.39, 0.29) is 0 Å². The molecule has 1 aromatic carbocycles. The van der Waals surface area contributed by atoms with Crippen molar-refractivity contribution in [1.82, 2.24) is 19.9 Å². The molecule has 0 saturated carbocycles. The van der Waals surface area contributed by atoms with E-state index in [0.717, 1.165) is 33.9 Å². The number of aromatic nitrogens is 4. The molecule has 0 bridgehead atoms. The number of hydrogen-bond acceptors (Lipinski definition) is 6. The van der Waals surface area contributed by atoms with Crippen LogP contribution < -0.4 is 9.47 Å². The van der Waals surface area contributed by atoms with Gasteiger partial charge in [0.1, 0.15) is 23.0 Å². The number of benzene rings is 1. The minimum absolute atomic E-state index is 0.629. The molecular formula is C28H22N4O2. The predicted octanol–water partition coefficient (Wildman–Crippen LogP) is 6.80. The number of ether oxygens (including phenoxy) is 2. The third-order valence-electron chi connectivity index (χ3n) is 5.10. The van der Waals surface area contributed by atoms with E-state index in [1.165, 1.54) is 0 Å². The minimum Gasteiger partial charge on any atom is -0.456 e. The Bertz CT molecular complexity index is 1280. The molecule has 4 aromatic heterocycles. The van der Waals surface area contributed by atoms with Crippen molar-refractivity contribution < 1.29 is 9.47 Å². The zero-order chi connectivity index (χ0) is 23.3. The first-order valence-electron chi connectivity index (χ1n) is 10.9. The molecule has 4 heterocycles. The highest BCUT2D eigenvalue weighted by Gasteiger charge is 2.06. The summed E-state index contributed by atoms with van der Waals surface area (Å²) >= 11 is 0. The van der Waals surface area contributed by atoms with Gasteiger partial charge in [0, 0.05) is 18.5 Å². The van der Waals surface area contributed by atoms with E-state index < -0.39 is 0 Å². The molecule has 34 heavy (non-hydrogen) atoms. The van der Waals surface area contributed by atoms with Gasteiger partial charge in [-0.15, -0.1) is 0 Å². The van der Waals surface area contributed by atoms with Crippen LogP contribution in [-0.2, 0) is 0 Å². The van der Waals surface area contributed by atoms with Crippen molar-refractivity contribution in [3.05, 3.63) is 109 Å². The SMILES string of the molecule is Cc1ccc(-c2ccc(Oc3cccc(Oc4ccc(-c5ccc(C)cn5)nc4)c3)cn2)nc1. The van der Waals surface area contributed by atoms with Gasteiger partial charge in [0.15, 0.2) is 0 Å². The van der Waals surface area contributed by atoms with Gasteiger partial charge in [-0.25, -0.2) is 0 Å². The molecule has 0 unspecified atom stereocenters. The molecular weight excluding hydrogens is 424 g/mol. The van der Waals surface area contributed by atoms with Gasteiger partial charge in [-0.2, -0.15) is 0 Å². The highest BCUT2D eigenvalue weighted by Crippen LogP contribution is 2.29. The largest absolute Gasteiger partial charge is 0.456 e. The maximum absolute atomic E-state index is 5.97. The van der Waals surface area contributed by atoms with Crippen molar-refractivity contribution in [3.8, 4) is 45.8 Å². The quantitative estimate of drug-likeness (QED) is 0.286. The summed E-state index contributed by atoms with van der Waals surface area (Å²) in [6, 6.07) is 22.9. The number of nitrogens with zero attached hydrogens (tertiary/aromatic N) is 4. The third kappa shape index (κ3) is 5.07. The van der Waals surface area contributed by atoms with Crippen molar-refractivity contribution in [1.29, 1.82) is 0 Å². The lowest BCUT2D eigenvalue weighted by Crippen LogP contribution is -1.91. The molecule has 0 fully saturated rings. The van der Waals surface area contributed by atoms with E-state index in [9.17, 15) is 0 Å². The number of rotatable bonds is 6. The van der Waals surface area contributed by atoms with Gasteiger partial charge in [-0.3, -0.25) is 19.9 Å². The molecule has 6 heteroatoms. The Kier molecular flexibility index (Phi) is 5.95. The average molecular weight is 447 g/mol. The van der Waals surface area contributed by atoms with Crippen LogP contribution in [0.25, 0.3) is 22.8 Å². The van der Waals surface area contributed by atoms with E-state index >= 15 is 0 Å². The summed E-state index contributed by atoms with van der Waals surface area (Å²) in [7, 11) is 0. The first-order chi connectivity index (χ1) is 16.6. The second-order valence-electron chi connectivity index (χ2n) is 7.88. The van der Waals surface area contributed by atoms with E-state index in [1.54, 1.807) is 12.4 Å². The van der Waals surface area contributed by atoms with Crippen molar-refractivity contribution in [3.63, 3.8) is 0 Å². The fourth-order valence-corrected chi connectivity index (χ4v) is 3.30. The normalized spacial score (nSPS) is 10.6. The van der Waals surface area contributed by atoms with Gasteiger partial charge < -0.3 is 9.47 Å². The topological polar surface area (TPSA) is 70.0 Å². The summed E-state index contributed by atoms with van der Waals surface area (Å²) in [5.41, 5.74) is 5.46. The van der Waals surface area contributed by atoms with Crippen LogP contribution in [0.2, 0.25) is 0 Å². The highest BCUT2D eigenvalue weighted by atomic mass is 16.5. The van der Waals surface area contributed by atoms with Crippen LogP contribution in [0.1, 0.15) is 11.1 Å². The summed E-state index contributed by atoms with van der Waals surface area (Å²) in [5.74, 6) is 2.55. The zero-order valence-corrected chi connectivity index (χ0v) is 18.8. The standard InChI is InChI=1S/C28H22N4O2/c1-19-6-10-25(29-15-19)27-12-8-23(17-31-27)33-21-4-3-5-22(14-21)34-24-9-13-28(32-18-24)26-11-7-20(2)16-30-26/h3-18H,1-2H3. The van der Waals surface area contributed by atoms with Crippen LogP contribution >= 0.6 is 0 Å². The van der Waals surface area contributed by atoms with Crippen LogP contribution in [-0.4, -0.2) is 19.9 Å². The van der Waals surface area contributed by atoms with Gasteiger partial charge >= 0.3 is 0 Å². The highest BCUT2D eigenvalue weighted by molar-refractivity contribution is 5.55. The second kappa shape index (κ2) is 9.50.